The van der Waals surface area contributed by atoms with E-state index < -0.39 is 0 Å². The Balaban J connectivity index is 1.67. The summed E-state index contributed by atoms with van der Waals surface area (Å²) in [5, 5.41) is 3.95. The zero-order valence-corrected chi connectivity index (χ0v) is 17.8. The lowest BCUT2D eigenvalue weighted by molar-refractivity contribution is 0.269. The van der Waals surface area contributed by atoms with Gasteiger partial charge in [-0.2, -0.15) is 0 Å². The maximum Gasteiger partial charge on any atom is 0.161 e. The van der Waals surface area contributed by atoms with E-state index >= 15 is 0 Å². The maximum absolute atomic E-state index is 6.19. The fraction of sp³-hybridized carbons (Fsp3) is 0.250. The van der Waals surface area contributed by atoms with E-state index in [-0.39, 0.29) is 0 Å². The molecule has 0 saturated heterocycles. The lowest BCUT2D eigenvalue weighted by Gasteiger charge is -2.15. The van der Waals surface area contributed by atoms with Gasteiger partial charge in [0.25, 0.3) is 0 Å². The molecule has 4 nitrogen and oxygen atoms in total. The molecule has 0 aliphatic rings. The summed E-state index contributed by atoms with van der Waals surface area (Å²) in [5.74, 6) is 2.14. The van der Waals surface area contributed by atoms with Crippen molar-refractivity contribution in [2.24, 2.45) is 0 Å². The van der Waals surface area contributed by atoms with Gasteiger partial charge in [0.2, 0.25) is 0 Å². The van der Waals surface area contributed by atoms with Crippen LogP contribution in [0.15, 0.2) is 60.7 Å². The van der Waals surface area contributed by atoms with Gasteiger partial charge in [0.05, 0.1) is 18.7 Å². The summed E-state index contributed by atoms with van der Waals surface area (Å²) in [4.78, 5) is 0. The van der Waals surface area contributed by atoms with Crippen molar-refractivity contribution in [3.05, 3.63) is 82.4 Å². The second-order valence-electron chi connectivity index (χ2n) is 6.69. The quantitative estimate of drug-likeness (QED) is 0.452. The molecule has 3 rings (SSSR count). The van der Waals surface area contributed by atoms with Crippen LogP contribution < -0.4 is 19.5 Å². The Morgan fingerprint density at radius 2 is 1.69 bits per heavy atom. The number of anilines is 1. The zero-order valence-electron chi connectivity index (χ0n) is 17.0. The maximum atomic E-state index is 6.19. The van der Waals surface area contributed by atoms with Gasteiger partial charge >= 0.3 is 0 Å². The Labute approximate surface area is 177 Å². The van der Waals surface area contributed by atoms with Crippen molar-refractivity contribution in [3.63, 3.8) is 0 Å². The molecule has 0 heterocycles. The number of rotatable bonds is 9. The van der Waals surface area contributed by atoms with Gasteiger partial charge in [0, 0.05) is 12.2 Å². The molecular weight excluding hydrogens is 386 g/mol. The molecule has 29 heavy (non-hydrogen) atoms. The summed E-state index contributed by atoms with van der Waals surface area (Å²) in [6, 6.07) is 19.9. The number of halogens is 1. The van der Waals surface area contributed by atoms with Gasteiger partial charge in [0.1, 0.15) is 12.4 Å². The predicted molar refractivity (Wildman–Crippen MR) is 118 cm³/mol. The fourth-order valence-corrected chi connectivity index (χ4v) is 3.25. The second-order valence-corrected chi connectivity index (χ2v) is 7.10. The van der Waals surface area contributed by atoms with E-state index in [2.05, 4.69) is 30.4 Å². The highest BCUT2D eigenvalue weighted by Gasteiger charge is 2.08. The highest BCUT2D eigenvalue weighted by atomic mass is 35.5. The van der Waals surface area contributed by atoms with Crippen molar-refractivity contribution in [2.75, 3.05) is 19.0 Å². The van der Waals surface area contributed by atoms with Gasteiger partial charge in [-0.05, 0) is 55.3 Å². The molecule has 3 aromatic rings. The van der Waals surface area contributed by atoms with Crippen LogP contribution in [0.4, 0.5) is 5.69 Å². The normalized spacial score (nSPS) is 10.5. The number of nitrogens with one attached hydrogen (secondary N) is 1. The SMILES string of the molecule is CCOc1cc(CNc2ccc(OC)c(Cl)c2)ccc1OCc1cccc(C)c1. The van der Waals surface area contributed by atoms with E-state index in [0.717, 1.165) is 28.3 Å². The number of aryl methyl sites for hydroxylation is 1. The zero-order chi connectivity index (χ0) is 20.6. The fourth-order valence-electron chi connectivity index (χ4n) is 2.99. The first-order chi connectivity index (χ1) is 14.1. The summed E-state index contributed by atoms with van der Waals surface area (Å²) >= 11 is 6.19. The van der Waals surface area contributed by atoms with Gasteiger partial charge in [-0.1, -0.05) is 47.5 Å². The number of ether oxygens (including phenoxy) is 3. The first-order valence-corrected chi connectivity index (χ1v) is 9.98. The minimum Gasteiger partial charge on any atom is -0.495 e. The molecule has 0 radical (unpaired) electrons. The van der Waals surface area contributed by atoms with Gasteiger partial charge in [-0.25, -0.2) is 0 Å². The number of methoxy groups -OCH3 is 1. The molecule has 0 aromatic heterocycles. The van der Waals surface area contributed by atoms with Crippen molar-refractivity contribution < 1.29 is 14.2 Å². The topological polar surface area (TPSA) is 39.7 Å². The molecule has 1 N–H and O–H groups in total. The molecule has 152 valence electrons. The van der Waals surface area contributed by atoms with Crippen LogP contribution in [0.25, 0.3) is 0 Å². The van der Waals surface area contributed by atoms with Crippen LogP contribution >= 0.6 is 11.6 Å². The minimum atomic E-state index is 0.504. The van der Waals surface area contributed by atoms with E-state index in [9.17, 15) is 0 Å². The smallest absolute Gasteiger partial charge is 0.161 e. The molecule has 0 atom stereocenters. The molecule has 5 heteroatoms. The molecule has 0 unspecified atom stereocenters. The van der Waals surface area contributed by atoms with Crippen LogP contribution in [0.2, 0.25) is 5.02 Å². The summed E-state index contributed by atoms with van der Waals surface area (Å²) in [6.07, 6.45) is 0. The third kappa shape index (κ3) is 5.81. The van der Waals surface area contributed by atoms with E-state index in [4.69, 9.17) is 25.8 Å². The number of benzene rings is 3. The van der Waals surface area contributed by atoms with Crippen molar-refractivity contribution in [1.29, 1.82) is 0 Å². The lowest BCUT2D eigenvalue weighted by Crippen LogP contribution is -2.03. The number of hydrogen-bond donors (Lipinski definition) is 1. The van der Waals surface area contributed by atoms with Crippen LogP contribution in [0, 0.1) is 6.92 Å². The van der Waals surface area contributed by atoms with Crippen LogP contribution in [-0.4, -0.2) is 13.7 Å². The molecule has 0 spiro atoms. The average molecular weight is 412 g/mol. The van der Waals surface area contributed by atoms with Gasteiger partial charge in [-0.15, -0.1) is 0 Å². The molecule has 0 aliphatic carbocycles. The first-order valence-electron chi connectivity index (χ1n) is 9.60. The highest BCUT2D eigenvalue weighted by molar-refractivity contribution is 6.32. The second kappa shape index (κ2) is 10.1. The first kappa shape index (κ1) is 20.9. The standard InChI is InChI=1S/C24H26ClNO3/c1-4-28-24-13-18(15-26-20-9-11-22(27-3)21(25)14-20)8-10-23(24)29-16-19-7-5-6-17(2)12-19/h5-14,26H,4,15-16H2,1-3H3. The van der Waals surface area contributed by atoms with Crippen molar-refractivity contribution in [2.45, 2.75) is 27.0 Å². The molecule has 0 amide bonds. The van der Waals surface area contributed by atoms with Gasteiger partial charge in [-0.3, -0.25) is 0 Å². The third-order valence-corrected chi connectivity index (χ3v) is 4.73. The summed E-state index contributed by atoms with van der Waals surface area (Å²) < 4.78 is 17.0. The Hall–Kier alpha value is -2.85. The third-order valence-electron chi connectivity index (χ3n) is 4.43. The largest absolute Gasteiger partial charge is 0.495 e. The Kier molecular flexibility index (Phi) is 7.25. The van der Waals surface area contributed by atoms with Crippen molar-refractivity contribution >= 4 is 17.3 Å². The van der Waals surface area contributed by atoms with Crippen molar-refractivity contribution in [3.8, 4) is 17.2 Å². The van der Waals surface area contributed by atoms with E-state index in [1.807, 2.05) is 49.4 Å². The average Bonchev–Trinajstić information content (AvgIpc) is 2.72. The Morgan fingerprint density at radius 1 is 0.862 bits per heavy atom. The van der Waals surface area contributed by atoms with E-state index in [0.29, 0.717) is 30.5 Å². The van der Waals surface area contributed by atoms with Crippen LogP contribution in [0.5, 0.6) is 17.2 Å². The van der Waals surface area contributed by atoms with Crippen LogP contribution in [0.3, 0.4) is 0 Å². The van der Waals surface area contributed by atoms with Gasteiger partial charge < -0.3 is 19.5 Å². The van der Waals surface area contributed by atoms with Crippen molar-refractivity contribution in [1.82, 2.24) is 0 Å². The molecular formula is C24H26ClNO3. The summed E-state index contributed by atoms with van der Waals surface area (Å²) in [6.45, 7) is 5.76. The molecule has 0 fully saturated rings. The Bertz CT molecular complexity index is 959. The lowest BCUT2D eigenvalue weighted by atomic mass is 10.1. The van der Waals surface area contributed by atoms with Gasteiger partial charge in [0.15, 0.2) is 11.5 Å². The molecule has 3 aromatic carbocycles. The monoisotopic (exact) mass is 411 g/mol. The number of hydrogen-bond acceptors (Lipinski definition) is 4. The summed E-state index contributed by atoms with van der Waals surface area (Å²) in [7, 11) is 1.60. The predicted octanol–water partition coefficient (Wildman–Crippen LogP) is 6.25. The van der Waals surface area contributed by atoms with Crippen LogP contribution in [-0.2, 0) is 13.2 Å². The highest BCUT2D eigenvalue weighted by Crippen LogP contribution is 2.31. The molecule has 0 bridgehead atoms. The minimum absolute atomic E-state index is 0.504. The Morgan fingerprint density at radius 3 is 2.41 bits per heavy atom. The summed E-state index contributed by atoms with van der Waals surface area (Å²) in [5.41, 5.74) is 4.36. The molecule has 0 saturated carbocycles. The van der Waals surface area contributed by atoms with Crippen LogP contribution in [0.1, 0.15) is 23.6 Å². The molecule has 0 aliphatic heterocycles. The van der Waals surface area contributed by atoms with E-state index in [1.54, 1.807) is 7.11 Å². The van der Waals surface area contributed by atoms with E-state index in [1.165, 1.54) is 5.56 Å².